The van der Waals surface area contributed by atoms with Gasteiger partial charge >= 0.3 is 10.1 Å². The van der Waals surface area contributed by atoms with Gasteiger partial charge in [0.15, 0.2) is 4.90 Å². The van der Waals surface area contributed by atoms with Crippen LogP contribution in [0.4, 0.5) is 8.78 Å². The molecule has 0 radical (unpaired) electrons. The second kappa shape index (κ2) is 12.1. The highest BCUT2D eigenvalue weighted by Gasteiger charge is 2.27. The minimum Gasteiger partial charge on any atom is -0.382 e. The van der Waals surface area contributed by atoms with Crippen LogP contribution in [0.5, 0.6) is 5.75 Å². The Morgan fingerprint density at radius 2 is 1.68 bits per heavy atom. The van der Waals surface area contributed by atoms with Gasteiger partial charge in [0.2, 0.25) is 10.0 Å². The number of nitrogens with zero attached hydrogens (tertiary/aromatic N) is 3. The van der Waals surface area contributed by atoms with Crippen molar-refractivity contribution in [1.82, 2.24) is 14.5 Å². The number of hydrogen-bond acceptors (Lipinski definition) is 7. The normalized spacial score (nSPS) is 11.8. The quantitative estimate of drug-likeness (QED) is 0.223. The summed E-state index contributed by atoms with van der Waals surface area (Å²) in [5.74, 6) is -2.72. The second-order valence-electron chi connectivity index (χ2n) is 8.53. The Balaban J connectivity index is 1.80. The van der Waals surface area contributed by atoms with Gasteiger partial charge in [-0.15, -0.1) is 0 Å². The highest BCUT2D eigenvalue weighted by Crippen LogP contribution is 2.34. The first-order valence-corrected chi connectivity index (χ1v) is 15.6. The lowest BCUT2D eigenvalue weighted by Crippen LogP contribution is -2.26. The van der Waals surface area contributed by atoms with E-state index in [-0.39, 0.29) is 39.2 Å². The Kier molecular flexibility index (Phi) is 9.00. The summed E-state index contributed by atoms with van der Waals surface area (Å²) < 4.78 is 86.4. The highest BCUT2D eigenvalue weighted by atomic mass is 35.5. The average Bonchev–Trinajstić information content (AvgIpc) is 3.25. The maximum Gasteiger partial charge on any atom is 0.309 e. The summed E-state index contributed by atoms with van der Waals surface area (Å²) in [6.45, 7) is 1.08. The molecule has 0 atom stereocenters. The zero-order chi connectivity index (χ0) is 29.9. The van der Waals surface area contributed by atoms with E-state index in [1.165, 1.54) is 47.1 Å². The molecule has 1 N–H and O–H groups in total. The molecule has 214 valence electrons. The predicted molar refractivity (Wildman–Crippen MR) is 149 cm³/mol. The number of aromatic nitrogens is 2. The maximum atomic E-state index is 14.2. The fraction of sp³-hybridized carbons (Fsp3) is 0.154. The molecule has 0 aliphatic carbocycles. The van der Waals surface area contributed by atoms with Crippen LogP contribution in [0.15, 0.2) is 65.6 Å². The molecular formula is C26H20Cl2F2N4O5S2. The third-order valence-electron chi connectivity index (χ3n) is 5.63. The van der Waals surface area contributed by atoms with Crippen molar-refractivity contribution in [2.45, 2.75) is 24.8 Å². The third kappa shape index (κ3) is 6.69. The Morgan fingerprint density at radius 3 is 2.27 bits per heavy atom. The first-order valence-electron chi connectivity index (χ1n) is 11.8. The van der Waals surface area contributed by atoms with Crippen molar-refractivity contribution >= 4 is 43.3 Å². The van der Waals surface area contributed by atoms with Crippen molar-refractivity contribution in [3.63, 3.8) is 0 Å². The fourth-order valence-electron chi connectivity index (χ4n) is 3.88. The smallest absolute Gasteiger partial charge is 0.309 e. The molecular weight excluding hydrogens is 621 g/mol. The van der Waals surface area contributed by atoms with Crippen molar-refractivity contribution in [2.24, 2.45) is 0 Å². The topological polar surface area (TPSA) is 131 Å². The number of sulfonamides is 1. The van der Waals surface area contributed by atoms with E-state index < -0.39 is 43.2 Å². The summed E-state index contributed by atoms with van der Waals surface area (Å²) in [7, 11) is -8.50. The largest absolute Gasteiger partial charge is 0.382 e. The minimum absolute atomic E-state index is 0.0381. The van der Waals surface area contributed by atoms with Gasteiger partial charge in [0.25, 0.3) is 0 Å². The molecule has 0 spiro atoms. The van der Waals surface area contributed by atoms with Gasteiger partial charge in [0.1, 0.15) is 29.0 Å². The molecule has 0 bridgehead atoms. The van der Waals surface area contributed by atoms with Crippen LogP contribution in [0.1, 0.15) is 24.6 Å². The van der Waals surface area contributed by atoms with Crippen LogP contribution >= 0.6 is 23.2 Å². The van der Waals surface area contributed by atoms with Crippen LogP contribution in [0.2, 0.25) is 10.0 Å². The molecule has 9 nitrogen and oxygen atoms in total. The minimum atomic E-state index is -4.69. The van der Waals surface area contributed by atoms with E-state index in [0.717, 1.165) is 18.2 Å². The van der Waals surface area contributed by atoms with E-state index in [1.54, 1.807) is 6.92 Å². The number of nitriles is 1. The molecule has 0 fully saturated rings. The van der Waals surface area contributed by atoms with Crippen LogP contribution in [-0.2, 0) is 26.7 Å². The molecule has 41 heavy (non-hydrogen) atoms. The number of benzene rings is 3. The van der Waals surface area contributed by atoms with Gasteiger partial charge < -0.3 is 4.18 Å². The summed E-state index contributed by atoms with van der Waals surface area (Å²) >= 11 is 12.4. The lowest BCUT2D eigenvalue weighted by atomic mass is 10.1. The zero-order valence-electron chi connectivity index (χ0n) is 21.1. The number of rotatable bonds is 10. The first-order chi connectivity index (χ1) is 19.4. The van der Waals surface area contributed by atoms with Crippen LogP contribution in [-0.4, -0.2) is 32.4 Å². The number of hydrogen-bond donors (Lipinski definition) is 1. The van der Waals surface area contributed by atoms with Crippen molar-refractivity contribution in [3.05, 3.63) is 93.6 Å². The molecule has 1 heterocycles. The van der Waals surface area contributed by atoms with E-state index in [9.17, 15) is 30.9 Å². The summed E-state index contributed by atoms with van der Waals surface area (Å²) in [5.41, 5.74) is 0.655. The standard InChI is InChI=1S/C26H20Cl2F2N4O5S2/c1-2-12-40(35,36)39-18-9-6-16(7-10-18)25-19(14-31)23(33-34(25)24-11-8-17(27)13-20(24)28)15-32-41(37,38)26-21(29)4-3-5-22(26)30/h3-11,13,32H,2,12,15H2,1H3. The molecule has 0 aliphatic heterocycles. The summed E-state index contributed by atoms with van der Waals surface area (Å²) in [4.78, 5) is -1.17. The van der Waals surface area contributed by atoms with Crippen molar-refractivity contribution in [1.29, 1.82) is 5.26 Å². The molecule has 0 unspecified atom stereocenters. The number of halogens is 4. The molecule has 1 aromatic heterocycles. The van der Waals surface area contributed by atoms with E-state index in [0.29, 0.717) is 17.0 Å². The van der Waals surface area contributed by atoms with Crippen molar-refractivity contribution in [2.75, 3.05) is 5.75 Å². The summed E-state index contributed by atoms with van der Waals surface area (Å²) in [5, 5.41) is 14.9. The predicted octanol–water partition coefficient (Wildman–Crippen LogP) is 5.59. The molecule has 0 saturated carbocycles. The molecule has 0 aliphatic rings. The SMILES string of the molecule is CCCS(=O)(=O)Oc1ccc(-c2c(C#N)c(CNS(=O)(=O)c3c(F)cccc3F)nn2-c2ccc(Cl)cc2Cl)cc1. The van der Waals surface area contributed by atoms with Gasteiger partial charge in [-0.25, -0.2) is 26.6 Å². The lowest BCUT2D eigenvalue weighted by Gasteiger charge is -2.11. The Bertz CT molecular complexity index is 1850. The molecule has 4 aromatic rings. The Hall–Kier alpha value is -3.54. The van der Waals surface area contributed by atoms with Gasteiger partial charge in [-0.1, -0.05) is 36.2 Å². The maximum absolute atomic E-state index is 14.2. The molecule has 3 aromatic carbocycles. The van der Waals surface area contributed by atoms with E-state index in [2.05, 4.69) is 9.82 Å². The Labute approximate surface area is 245 Å². The monoisotopic (exact) mass is 640 g/mol. The van der Waals surface area contributed by atoms with Crippen LogP contribution in [0.3, 0.4) is 0 Å². The molecule has 15 heteroatoms. The third-order valence-corrected chi connectivity index (χ3v) is 8.97. The molecule has 0 saturated heterocycles. The molecule has 4 rings (SSSR count). The lowest BCUT2D eigenvalue weighted by molar-refractivity contribution is 0.485. The summed E-state index contributed by atoms with van der Waals surface area (Å²) in [6, 6.07) is 14.8. The first kappa shape index (κ1) is 30.4. The van der Waals surface area contributed by atoms with Crippen LogP contribution < -0.4 is 8.91 Å². The van der Waals surface area contributed by atoms with Crippen LogP contribution in [0, 0.1) is 23.0 Å². The van der Waals surface area contributed by atoms with Crippen molar-refractivity contribution in [3.8, 4) is 28.8 Å². The zero-order valence-corrected chi connectivity index (χ0v) is 24.3. The Morgan fingerprint density at radius 1 is 1.02 bits per heavy atom. The summed E-state index contributed by atoms with van der Waals surface area (Å²) in [6.07, 6.45) is 0.364. The fourth-order valence-corrected chi connectivity index (χ4v) is 6.48. The van der Waals surface area contributed by atoms with E-state index >= 15 is 0 Å². The second-order valence-corrected chi connectivity index (χ2v) is 12.8. The highest BCUT2D eigenvalue weighted by molar-refractivity contribution is 7.89. The van der Waals surface area contributed by atoms with Gasteiger partial charge in [0, 0.05) is 10.6 Å². The number of nitrogens with one attached hydrogen (secondary N) is 1. The van der Waals surface area contributed by atoms with Gasteiger partial charge in [-0.05, 0) is 61.0 Å². The average molecular weight is 642 g/mol. The van der Waals surface area contributed by atoms with Gasteiger partial charge in [0.05, 0.1) is 34.4 Å². The van der Waals surface area contributed by atoms with E-state index in [1.807, 2.05) is 6.07 Å². The van der Waals surface area contributed by atoms with Gasteiger partial charge in [-0.2, -0.15) is 18.8 Å². The van der Waals surface area contributed by atoms with Crippen molar-refractivity contribution < 1.29 is 29.8 Å². The van der Waals surface area contributed by atoms with Gasteiger partial charge in [-0.3, -0.25) is 0 Å². The van der Waals surface area contributed by atoms with Crippen LogP contribution in [0.25, 0.3) is 16.9 Å². The van der Waals surface area contributed by atoms with E-state index in [4.69, 9.17) is 27.4 Å². The molecule has 0 amide bonds.